The molecule has 2 spiro atoms. The van der Waals surface area contributed by atoms with Crippen molar-refractivity contribution in [2.45, 2.75) is 63.3 Å². The van der Waals surface area contributed by atoms with Gasteiger partial charge in [0.2, 0.25) is 0 Å². The fourth-order valence-corrected chi connectivity index (χ4v) is 4.15. The predicted octanol–water partition coefficient (Wildman–Crippen LogP) is 3.83. The van der Waals surface area contributed by atoms with Gasteiger partial charge in [0.25, 0.3) is 0 Å². The van der Waals surface area contributed by atoms with Gasteiger partial charge in [-0.05, 0) is 42.6 Å². The molecule has 4 nitrogen and oxygen atoms in total. The minimum absolute atomic E-state index is 0.0591. The van der Waals surface area contributed by atoms with E-state index >= 15 is 0 Å². The molecule has 23 heavy (non-hydrogen) atoms. The molecule has 0 radical (unpaired) electrons. The van der Waals surface area contributed by atoms with Crippen molar-refractivity contribution in [3.63, 3.8) is 0 Å². The van der Waals surface area contributed by atoms with Gasteiger partial charge in [-0.25, -0.2) is 0 Å². The molecule has 0 aromatic carbocycles. The minimum atomic E-state index is -5.46. The number of allylic oxidation sites excluding steroid dienone is 2. The second-order valence-electron chi connectivity index (χ2n) is 7.23. The molecule has 0 heterocycles. The fraction of sp³-hybridized carbons (Fsp3) is 0.800. The number of ketones is 1. The second-order valence-corrected chi connectivity index (χ2v) is 8.77. The SMILES string of the molecule is O=C1CC2(CCC2)C1.O=S(=O)(OC1=CC2(CCC2)C1)C(F)(F)F. The molecule has 0 amide bonds. The molecule has 0 saturated heterocycles. The molecular formula is C15H19F3O4S. The largest absolute Gasteiger partial charge is 0.534 e. The van der Waals surface area contributed by atoms with E-state index in [1.165, 1.54) is 25.3 Å². The van der Waals surface area contributed by atoms with Crippen LogP contribution < -0.4 is 0 Å². The van der Waals surface area contributed by atoms with Gasteiger partial charge in [0, 0.05) is 19.3 Å². The van der Waals surface area contributed by atoms with Gasteiger partial charge in [-0.15, -0.1) is 0 Å². The van der Waals surface area contributed by atoms with Crippen molar-refractivity contribution in [2.75, 3.05) is 0 Å². The Balaban J connectivity index is 0.000000162. The molecule has 0 bridgehead atoms. The molecule has 0 atom stereocenters. The zero-order chi connectivity index (χ0) is 16.9. The van der Waals surface area contributed by atoms with Gasteiger partial charge in [0.05, 0.1) is 0 Å². The molecular weight excluding hydrogens is 333 g/mol. The highest BCUT2D eigenvalue weighted by molar-refractivity contribution is 7.87. The molecule has 0 unspecified atom stereocenters. The first kappa shape index (κ1) is 16.8. The lowest BCUT2D eigenvalue weighted by Gasteiger charge is -2.47. The fourth-order valence-electron chi connectivity index (χ4n) is 3.67. The Bertz CT molecular complexity index is 630. The maximum atomic E-state index is 11.9. The molecule has 4 aliphatic rings. The lowest BCUT2D eigenvalue weighted by molar-refractivity contribution is -0.137. The Hall–Kier alpha value is -1.05. The maximum absolute atomic E-state index is 11.9. The normalized spacial score (nSPS) is 26.7. The van der Waals surface area contributed by atoms with Crippen LogP contribution in [0.2, 0.25) is 0 Å². The Kier molecular flexibility index (Phi) is 3.82. The lowest BCUT2D eigenvalue weighted by atomic mass is 9.56. The summed E-state index contributed by atoms with van der Waals surface area (Å²) in [6.07, 6.45) is 10.5. The van der Waals surface area contributed by atoms with Crippen LogP contribution >= 0.6 is 0 Å². The van der Waals surface area contributed by atoms with Crippen LogP contribution in [0.5, 0.6) is 0 Å². The highest BCUT2D eigenvalue weighted by atomic mass is 32.2. The highest BCUT2D eigenvalue weighted by Crippen LogP contribution is 2.55. The molecule has 4 rings (SSSR count). The van der Waals surface area contributed by atoms with Crippen molar-refractivity contribution in [3.05, 3.63) is 11.8 Å². The van der Waals surface area contributed by atoms with E-state index in [0.29, 0.717) is 17.6 Å². The Morgan fingerprint density at radius 2 is 1.52 bits per heavy atom. The third-order valence-electron chi connectivity index (χ3n) is 5.40. The van der Waals surface area contributed by atoms with E-state index in [1.807, 2.05) is 0 Å². The number of hydrogen-bond donors (Lipinski definition) is 0. The van der Waals surface area contributed by atoms with E-state index in [1.54, 1.807) is 0 Å². The van der Waals surface area contributed by atoms with Gasteiger partial charge in [-0.2, -0.15) is 21.6 Å². The zero-order valence-corrected chi connectivity index (χ0v) is 13.4. The van der Waals surface area contributed by atoms with Gasteiger partial charge in [0.15, 0.2) is 0 Å². The topological polar surface area (TPSA) is 60.4 Å². The summed E-state index contributed by atoms with van der Waals surface area (Å²) in [6.45, 7) is 0. The third-order valence-corrected chi connectivity index (χ3v) is 6.40. The van der Waals surface area contributed by atoms with Crippen LogP contribution in [0.25, 0.3) is 0 Å². The summed E-state index contributed by atoms with van der Waals surface area (Å²) in [4.78, 5) is 10.5. The molecule has 130 valence electrons. The van der Waals surface area contributed by atoms with Crippen molar-refractivity contribution in [3.8, 4) is 0 Å². The number of rotatable bonds is 2. The lowest BCUT2D eigenvalue weighted by Crippen LogP contribution is -2.42. The van der Waals surface area contributed by atoms with E-state index in [0.717, 1.165) is 32.1 Å². The van der Waals surface area contributed by atoms with Gasteiger partial charge >= 0.3 is 15.6 Å². The Labute approximate surface area is 133 Å². The van der Waals surface area contributed by atoms with Crippen molar-refractivity contribution < 1.29 is 30.6 Å². The summed E-state index contributed by atoms with van der Waals surface area (Å²) in [5.41, 5.74) is -4.83. The molecule has 0 aromatic rings. The zero-order valence-electron chi connectivity index (χ0n) is 12.6. The standard InChI is InChI=1S/C8H9F3O3S.C7H10O/c9-8(10,11)15(12,13)14-6-4-7(5-6)2-1-3-7;8-6-4-7(5-6)2-1-3-7/h4H,1-3,5H2;1-5H2. The minimum Gasteiger partial charge on any atom is -0.381 e. The average Bonchev–Trinajstić information content (AvgIpc) is 2.23. The van der Waals surface area contributed by atoms with E-state index in [4.69, 9.17) is 0 Å². The van der Waals surface area contributed by atoms with Crippen LogP contribution in [0.3, 0.4) is 0 Å². The van der Waals surface area contributed by atoms with Crippen LogP contribution in [0.1, 0.15) is 57.8 Å². The number of carbonyl (C=O) groups is 1. The van der Waals surface area contributed by atoms with Crippen LogP contribution in [-0.2, 0) is 19.1 Å². The van der Waals surface area contributed by atoms with Crippen molar-refractivity contribution in [2.24, 2.45) is 10.8 Å². The number of carbonyl (C=O) groups excluding carboxylic acids is 1. The van der Waals surface area contributed by atoms with E-state index in [9.17, 15) is 26.4 Å². The Morgan fingerprint density at radius 3 is 1.78 bits per heavy atom. The number of halogens is 3. The monoisotopic (exact) mass is 352 g/mol. The van der Waals surface area contributed by atoms with Gasteiger partial charge in [-0.1, -0.05) is 12.8 Å². The summed E-state index contributed by atoms with van der Waals surface area (Å²) in [7, 11) is -5.46. The second kappa shape index (κ2) is 5.22. The first-order valence-electron chi connectivity index (χ1n) is 7.79. The van der Waals surface area contributed by atoms with Crippen molar-refractivity contribution in [1.29, 1.82) is 0 Å². The van der Waals surface area contributed by atoms with Crippen molar-refractivity contribution >= 4 is 15.9 Å². The van der Waals surface area contributed by atoms with Crippen LogP contribution in [0.15, 0.2) is 11.8 Å². The van der Waals surface area contributed by atoms with E-state index in [2.05, 4.69) is 4.18 Å². The van der Waals surface area contributed by atoms with E-state index in [-0.39, 0.29) is 11.2 Å². The first-order valence-corrected chi connectivity index (χ1v) is 9.20. The van der Waals surface area contributed by atoms with Crippen molar-refractivity contribution in [1.82, 2.24) is 0 Å². The Morgan fingerprint density at radius 1 is 1.00 bits per heavy atom. The third kappa shape index (κ3) is 3.14. The highest BCUT2D eigenvalue weighted by Gasteiger charge is 2.51. The first-order chi connectivity index (χ1) is 10.6. The molecule has 8 heteroatoms. The summed E-state index contributed by atoms with van der Waals surface area (Å²) in [5.74, 6) is 0.414. The predicted molar refractivity (Wildman–Crippen MR) is 75.6 cm³/mol. The van der Waals surface area contributed by atoms with Crippen LogP contribution in [0, 0.1) is 10.8 Å². The maximum Gasteiger partial charge on any atom is 0.534 e. The summed E-state index contributed by atoms with van der Waals surface area (Å²) in [6, 6.07) is 0. The molecule has 0 aromatic heterocycles. The summed E-state index contributed by atoms with van der Waals surface area (Å²) < 4.78 is 60.9. The summed E-state index contributed by atoms with van der Waals surface area (Å²) >= 11 is 0. The molecule has 0 N–H and O–H groups in total. The molecule has 0 aliphatic heterocycles. The van der Waals surface area contributed by atoms with E-state index < -0.39 is 15.6 Å². The molecule has 3 fully saturated rings. The summed E-state index contributed by atoms with van der Waals surface area (Å²) in [5, 5.41) is 0. The molecule has 4 aliphatic carbocycles. The molecule has 3 saturated carbocycles. The quantitative estimate of drug-likeness (QED) is 0.560. The van der Waals surface area contributed by atoms with Gasteiger partial charge in [0.1, 0.15) is 11.5 Å². The number of alkyl halides is 3. The van der Waals surface area contributed by atoms with Crippen LogP contribution in [-0.4, -0.2) is 19.7 Å². The van der Waals surface area contributed by atoms with Gasteiger partial charge < -0.3 is 4.18 Å². The smallest absolute Gasteiger partial charge is 0.381 e. The van der Waals surface area contributed by atoms with Crippen LogP contribution in [0.4, 0.5) is 13.2 Å². The number of hydrogen-bond acceptors (Lipinski definition) is 4. The average molecular weight is 352 g/mol. The number of Topliss-reactive ketones (excluding diaryl/α,β-unsaturated/α-hetero) is 1. The van der Waals surface area contributed by atoms with Gasteiger partial charge in [-0.3, -0.25) is 4.79 Å².